The van der Waals surface area contributed by atoms with E-state index in [-0.39, 0.29) is 36.3 Å². The van der Waals surface area contributed by atoms with Crippen molar-refractivity contribution in [3.05, 3.63) is 53.1 Å². The number of halogens is 2. The number of benzene rings is 2. The van der Waals surface area contributed by atoms with Gasteiger partial charge in [0.15, 0.2) is 0 Å². The van der Waals surface area contributed by atoms with Crippen LogP contribution in [0.3, 0.4) is 0 Å². The summed E-state index contributed by atoms with van der Waals surface area (Å²) in [6.45, 7) is 5.71. The molecule has 0 aromatic heterocycles. The Labute approximate surface area is 215 Å². The molecule has 2 saturated heterocycles. The molecule has 0 aliphatic carbocycles. The van der Waals surface area contributed by atoms with Crippen LogP contribution in [0.5, 0.6) is 11.5 Å². The summed E-state index contributed by atoms with van der Waals surface area (Å²) in [6, 6.07) is 10.2. The molecule has 2 N–H and O–H groups in total. The molecule has 2 heterocycles. The van der Waals surface area contributed by atoms with E-state index >= 15 is 0 Å². The van der Waals surface area contributed by atoms with E-state index in [0.29, 0.717) is 24.6 Å². The lowest BCUT2D eigenvalue weighted by molar-refractivity contribution is 0.312. The van der Waals surface area contributed by atoms with Crippen molar-refractivity contribution in [3.63, 3.8) is 0 Å². The zero-order valence-electron chi connectivity index (χ0n) is 19.5. The van der Waals surface area contributed by atoms with Crippen LogP contribution >= 0.6 is 24.8 Å². The largest absolute Gasteiger partial charge is 0.507 e. The number of likely N-dealkylation sites (tertiary alicyclic amines) is 2. The molecule has 2 fully saturated rings. The highest BCUT2D eigenvalue weighted by molar-refractivity contribution is 7.89. The number of phenolic OH excluding ortho intramolecular Hbond substituents is 1. The van der Waals surface area contributed by atoms with Crippen LogP contribution in [0, 0.1) is 0 Å². The molecule has 2 aromatic rings. The monoisotopic (exact) mass is 531 g/mol. The molecule has 34 heavy (non-hydrogen) atoms. The van der Waals surface area contributed by atoms with Crippen LogP contribution in [0.2, 0.25) is 0 Å². The van der Waals surface area contributed by atoms with E-state index in [4.69, 9.17) is 4.74 Å². The highest BCUT2D eigenvalue weighted by Gasteiger charge is 2.20. The third kappa shape index (κ3) is 7.23. The fourth-order valence-corrected chi connectivity index (χ4v) is 5.57. The summed E-state index contributed by atoms with van der Waals surface area (Å²) >= 11 is 0. The minimum absolute atomic E-state index is 0. The zero-order chi connectivity index (χ0) is 22.6. The lowest BCUT2D eigenvalue weighted by Gasteiger charge is -2.21. The van der Waals surface area contributed by atoms with E-state index in [2.05, 4.69) is 14.5 Å². The molecular weight excluding hydrogens is 497 g/mol. The number of hydrogen-bond donors (Lipinski definition) is 2. The smallest absolute Gasteiger partial charge is 0.240 e. The van der Waals surface area contributed by atoms with Gasteiger partial charge in [-0.05, 0) is 93.8 Å². The first kappa shape index (κ1) is 28.7. The number of methoxy groups -OCH3 is 1. The number of rotatable bonds is 9. The van der Waals surface area contributed by atoms with Crippen LogP contribution in [0.25, 0.3) is 0 Å². The van der Waals surface area contributed by atoms with E-state index in [1.165, 1.54) is 37.8 Å². The Kier molecular flexibility index (Phi) is 10.9. The van der Waals surface area contributed by atoms with E-state index in [9.17, 15) is 13.5 Å². The predicted octanol–water partition coefficient (Wildman–Crippen LogP) is 3.91. The van der Waals surface area contributed by atoms with Crippen LogP contribution in [-0.4, -0.2) is 56.6 Å². The summed E-state index contributed by atoms with van der Waals surface area (Å²) in [6.07, 6.45) is 4.73. The number of aromatic hydroxyl groups is 1. The molecule has 190 valence electrons. The summed E-state index contributed by atoms with van der Waals surface area (Å²) in [5.74, 6) is 0.964. The molecule has 0 amide bonds. The van der Waals surface area contributed by atoms with Gasteiger partial charge in [0.25, 0.3) is 0 Å². The first-order chi connectivity index (χ1) is 15.4. The maximum Gasteiger partial charge on any atom is 0.240 e. The summed E-state index contributed by atoms with van der Waals surface area (Å²) in [5.41, 5.74) is 2.62. The van der Waals surface area contributed by atoms with Gasteiger partial charge in [0.1, 0.15) is 11.5 Å². The van der Waals surface area contributed by atoms with Crippen molar-refractivity contribution in [1.29, 1.82) is 0 Å². The molecule has 4 rings (SSSR count). The molecule has 7 nitrogen and oxygen atoms in total. The van der Waals surface area contributed by atoms with E-state index in [1.807, 2.05) is 12.1 Å². The number of phenols is 1. The van der Waals surface area contributed by atoms with Gasteiger partial charge in [-0.25, -0.2) is 13.1 Å². The van der Waals surface area contributed by atoms with Crippen molar-refractivity contribution >= 4 is 34.8 Å². The Morgan fingerprint density at radius 3 is 1.79 bits per heavy atom. The van der Waals surface area contributed by atoms with Crippen molar-refractivity contribution in [3.8, 4) is 11.5 Å². The summed E-state index contributed by atoms with van der Waals surface area (Å²) in [7, 11) is -2.11. The minimum atomic E-state index is -3.65. The second-order valence-electron chi connectivity index (χ2n) is 8.73. The summed E-state index contributed by atoms with van der Waals surface area (Å²) in [5, 5.41) is 11.0. The summed E-state index contributed by atoms with van der Waals surface area (Å²) in [4.78, 5) is 4.90. The van der Waals surface area contributed by atoms with Crippen LogP contribution in [0.4, 0.5) is 0 Å². The number of nitrogens with one attached hydrogen (secondary N) is 1. The molecule has 2 aromatic carbocycles. The SMILES string of the molecule is COc1ccc(S(=O)(=O)NCc2cc(CN3CCCC3)c(O)c(CN3CCCC3)c2)cc1.Cl.Cl. The third-order valence-corrected chi connectivity index (χ3v) is 7.77. The van der Waals surface area contributed by atoms with Crippen LogP contribution in [0.15, 0.2) is 41.3 Å². The molecule has 2 aliphatic heterocycles. The second-order valence-corrected chi connectivity index (χ2v) is 10.5. The van der Waals surface area contributed by atoms with Crippen molar-refractivity contribution in [1.82, 2.24) is 14.5 Å². The van der Waals surface area contributed by atoms with Gasteiger partial charge in [-0.3, -0.25) is 9.80 Å². The molecule has 2 aliphatic rings. The fourth-order valence-electron chi connectivity index (χ4n) is 4.56. The van der Waals surface area contributed by atoms with Crippen LogP contribution in [-0.2, 0) is 29.7 Å². The van der Waals surface area contributed by atoms with Gasteiger partial charge in [-0.1, -0.05) is 0 Å². The molecule has 0 bridgehead atoms. The highest BCUT2D eigenvalue weighted by atomic mass is 35.5. The Morgan fingerprint density at radius 1 is 0.882 bits per heavy atom. The van der Waals surface area contributed by atoms with E-state index < -0.39 is 10.0 Å². The fraction of sp³-hybridized carbons (Fsp3) is 0.500. The van der Waals surface area contributed by atoms with E-state index in [1.54, 1.807) is 19.2 Å². The Balaban J connectivity index is 0.00000204. The number of nitrogens with zero attached hydrogens (tertiary/aromatic N) is 2. The normalized spacial score (nSPS) is 16.7. The maximum absolute atomic E-state index is 12.8. The molecule has 0 spiro atoms. The van der Waals surface area contributed by atoms with Gasteiger partial charge < -0.3 is 9.84 Å². The highest BCUT2D eigenvalue weighted by Crippen LogP contribution is 2.29. The predicted molar refractivity (Wildman–Crippen MR) is 139 cm³/mol. The van der Waals surface area contributed by atoms with Gasteiger partial charge in [0.2, 0.25) is 10.0 Å². The van der Waals surface area contributed by atoms with E-state index in [0.717, 1.165) is 42.9 Å². The third-order valence-electron chi connectivity index (χ3n) is 6.35. The second kappa shape index (κ2) is 13.0. The van der Waals surface area contributed by atoms with Gasteiger partial charge in [-0.15, -0.1) is 24.8 Å². The minimum Gasteiger partial charge on any atom is -0.507 e. The first-order valence-corrected chi connectivity index (χ1v) is 12.8. The standard InChI is InChI=1S/C24H33N3O4S.2ClH/c1-31-22-6-8-23(9-7-22)32(29,30)25-16-19-14-20(17-26-10-2-3-11-26)24(28)21(15-19)18-27-12-4-5-13-27;;/h6-9,14-15,25,28H,2-5,10-13,16-18H2,1H3;2*1H. The number of hydrogen-bond acceptors (Lipinski definition) is 6. The molecule has 0 unspecified atom stereocenters. The van der Waals surface area contributed by atoms with Crippen molar-refractivity contribution < 1.29 is 18.3 Å². The van der Waals surface area contributed by atoms with Crippen molar-refractivity contribution in [2.24, 2.45) is 0 Å². The van der Waals surface area contributed by atoms with Gasteiger partial charge in [0, 0.05) is 30.8 Å². The van der Waals surface area contributed by atoms with Crippen LogP contribution < -0.4 is 9.46 Å². The average molecular weight is 533 g/mol. The number of sulfonamides is 1. The summed E-state index contributed by atoms with van der Waals surface area (Å²) < 4.78 is 33.4. The molecular formula is C24H35Cl2N3O4S. The number of ether oxygens (including phenoxy) is 1. The zero-order valence-corrected chi connectivity index (χ0v) is 22.0. The van der Waals surface area contributed by atoms with Crippen LogP contribution in [0.1, 0.15) is 42.4 Å². The Hall–Kier alpha value is -1.55. The molecule has 10 heteroatoms. The van der Waals surface area contributed by atoms with Gasteiger partial charge >= 0.3 is 0 Å². The Morgan fingerprint density at radius 2 is 1.35 bits per heavy atom. The van der Waals surface area contributed by atoms with Gasteiger partial charge in [-0.2, -0.15) is 0 Å². The molecule has 0 radical (unpaired) electrons. The quantitative estimate of drug-likeness (QED) is 0.510. The molecule has 0 atom stereocenters. The lowest BCUT2D eigenvalue weighted by atomic mass is 10.0. The van der Waals surface area contributed by atoms with Crippen molar-refractivity contribution in [2.75, 3.05) is 33.3 Å². The Bertz CT molecular complexity index is 984. The molecule has 0 saturated carbocycles. The average Bonchev–Trinajstić information content (AvgIpc) is 3.50. The topological polar surface area (TPSA) is 82.1 Å². The lowest BCUT2D eigenvalue weighted by Crippen LogP contribution is -2.24. The van der Waals surface area contributed by atoms with Crippen molar-refractivity contribution in [2.45, 2.75) is 50.2 Å². The maximum atomic E-state index is 12.8. The first-order valence-electron chi connectivity index (χ1n) is 11.4. The van der Waals surface area contributed by atoms with Gasteiger partial charge in [0.05, 0.1) is 12.0 Å².